The van der Waals surface area contributed by atoms with Crippen molar-refractivity contribution in [3.05, 3.63) is 24.5 Å². The molecule has 2 atom stereocenters. The monoisotopic (exact) mass is 345 g/mol. The number of carbonyl (C=O) groups excluding carboxylic acids is 2. The van der Waals surface area contributed by atoms with Crippen LogP contribution in [0.2, 0.25) is 0 Å². The predicted octanol–water partition coefficient (Wildman–Crippen LogP) is 2.98. The Labute approximate surface area is 150 Å². The van der Waals surface area contributed by atoms with Crippen LogP contribution < -0.4 is 5.32 Å². The highest BCUT2D eigenvalue weighted by Crippen LogP contribution is 2.47. The molecule has 0 aromatic carbocycles. The van der Waals surface area contributed by atoms with Gasteiger partial charge < -0.3 is 14.8 Å². The van der Waals surface area contributed by atoms with Gasteiger partial charge in [-0.3, -0.25) is 9.59 Å². The van der Waals surface area contributed by atoms with Crippen LogP contribution >= 0.6 is 0 Å². The van der Waals surface area contributed by atoms with E-state index in [0.29, 0.717) is 12.5 Å². The van der Waals surface area contributed by atoms with E-state index in [1.807, 2.05) is 40.9 Å². The first kappa shape index (κ1) is 18.0. The van der Waals surface area contributed by atoms with E-state index in [1.165, 1.54) is 0 Å². The van der Waals surface area contributed by atoms with Gasteiger partial charge in [-0.15, -0.1) is 0 Å². The molecule has 1 unspecified atom stereocenters. The maximum Gasteiger partial charge on any atom is 0.245 e. The Morgan fingerprint density at radius 2 is 1.84 bits per heavy atom. The fraction of sp³-hybridized carbons (Fsp3) is 0.700. The van der Waals surface area contributed by atoms with Gasteiger partial charge >= 0.3 is 0 Å². The second-order valence-electron chi connectivity index (χ2n) is 8.01. The molecule has 1 aliphatic heterocycles. The Bertz CT molecular complexity index is 604. The maximum absolute atomic E-state index is 12.9. The summed E-state index contributed by atoms with van der Waals surface area (Å²) >= 11 is 0. The quantitative estimate of drug-likeness (QED) is 0.862. The Morgan fingerprint density at radius 1 is 1.16 bits per heavy atom. The molecule has 1 aromatic rings. The van der Waals surface area contributed by atoms with Gasteiger partial charge in [0.25, 0.3) is 0 Å². The zero-order valence-electron chi connectivity index (χ0n) is 15.7. The van der Waals surface area contributed by atoms with Crippen molar-refractivity contribution in [1.82, 2.24) is 14.8 Å². The first-order valence-corrected chi connectivity index (χ1v) is 9.67. The van der Waals surface area contributed by atoms with Crippen LogP contribution in [-0.2, 0) is 9.59 Å². The summed E-state index contributed by atoms with van der Waals surface area (Å²) in [6.45, 7) is 7.60. The highest BCUT2D eigenvalue weighted by Gasteiger charge is 2.46. The largest absolute Gasteiger partial charge is 0.354 e. The molecule has 0 bridgehead atoms. The lowest BCUT2D eigenvalue weighted by atomic mass is 9.61. The normalized spacial score (nSPS) is 23.4. The number of hydrogen-bond donors (Lipinski definition) is 1. The van der Waals surface area contributed by atoms with E-state index >= 15 is 0 Å². The fourth-order valence-electron chi connectivity index (χ4n) is 4.32. The van der Waals surface area contributed by atoms with Gasteiger partial charge in [-0.25, -0.2) is 0 Å². The molecule has 0 spiro atoms. The average molecular weight is 345 g/mol. The molecule has 138 valence electrons. The molecule has 2 aliphatic rings. The van der Waals surface area contributed by atoms with E-state index in [-0.39, 0.29) is 29.3 Å². The zero-order valence-corrected chi connectivity index (χ0v) is 15.7. The van der Waals surface area contributed by atoms with Gasteiger partial charge in [0.15, 0.2) is 0 Å². The molecule has 1 aromatic heterocycles. The molecule has 3 rings (SSSR count). The molecule has 25 heavy (non-hydrogen) atoms. The SMILES string of the molecule is CC(C(=O)N1CCC[C@@H]1CNC(=O)C1(C(C)C)CCC1)n1cccc1. The number of nitrogens with zero attached hydrogens (tertiary/aromatic N) is 2. The van der Waals surface area contributed by atoms with Crippen LogP contribution in [0, 0.1) is 11.3 Å². The van der Waals surface area contributed by atoms with Crippen LogP contribution in [0.1, 0.15) is 58.9 Å². The second-order valence-corrected chi connectivity index (χ2v) is 8.01. The van der Waals surface area contributed by atoms with Crippen molar-refractivity contribution < 1.29 is 9.59 Å². The fourth-order valence-corrected chi connectivity index (χ4v) is 4.32. The van der Waals surface area contributed by atoms with Crippen LogP contribution in [0.3, 0.4) is 0 Å². The van der Waals surface area contributed by atoms with Gasteiger partial charge in [0.2, 0.25) is 11.8 Å². The third-order valence-electron chi connectivity index (χ3n) is 6.39. The molecule has 1 saturated heterocycles. The summed E-state index contributed by atoms with van der Waals surface area (Å²) in [6, 6.07) is 3.81. The molecular weight excluding hydrogens is 314 g/mol. The molecule has 5 nitrogen and oxygen atoms in total. The summed E-state index contributed by atoms with van der Waals surface area (Å²) in [5.41, 5.74) is -0.175. The Kier molecular flexibility index (Phi) is 5.21. The van der Waals surface area contributed by atoms with Crippen LogP contribution in [0.5, 0.6) is 0 Å². The number of aromatic nitrogens is 1. The molecular formula is C20H31N3O2. The standard InChI is InChI=1S/C20H31N3O2/c1-15(2)20(9-7-10-20)19(25)21-14-17-8-6-13-23(17)18(24)16(3)22-11-4-5-12-22/h4-5,11-12,15-17H,6-10,13-14H2,1-3H3,(H,21,25)/t16?,17-/m1/s1. The van der Waals surface area contributed by atoms with Crippen molar-refractivity contribution in [2.75, 3.05) is 13.1 Å². The lowest BCUT2D eigenvalue weighted by molar-refractivity contribution is -0.141. The zero-order chi connectivity index (χ0) is 18.0. The predicted molar refractivity (Wildman–Crippen MR) is 98.0 cm³/mol. The molecule has 2 fully saturated rings. The van der Waals surface area contributed by atoms with Gasteiger partial charge in [0.05, 0.1) is 5.41 Å². The topological polar surface area (TPSA) is 54.3 Å². The third-order valence-corrected chi connectivity index (χ3v) is 6.39. The van der Waals surface area contributed by atoms with Gasteiger partial charge in [-0.2, -0.15) is 0 Å². The maximum atomic E-state index is 12.9. The molecule has 1 saturated carbocycles. The lowest BCUT2D eigenvalue weighted by Crippen LogP contribution is -2.52. The summed E-state index contributed by atoms with van der Waals surface area (Å²) in [5, 5.41) is 3.17. The summed E-state index contributed by atoms with van der Waals surface area (Å²) in [6.07, 6.45) is 8.98. The summed E-state index contributed by atoms with van der Waals surface area (Å²) in [4.78, 5) is 27.6. The van der Waals surface area contributed by atoms with E-state index in [0.717, 1.165) is 38.6 Å². The average Bonchev–Trinajstić information content (AvgIpc) is 3.21. The van der Waals surface area contributed by atoms with Crippen molar-refractivity contribution in [2.45, 2.75) is 65.0 Å². The number of nitrogens with one attached hydrogen (secondary N) is 1. The van der Waals surface area contributed by atoms with E-state index in [1.54, 1.807) is 0 Å². The molecule has 1 N–H and O–H groups in total. The minimum Gasteiger partial charge on any atom is -0.354 e. The first-order valence-electron chi connectivity index (χ1n) is 9.67. The number of amides is 2. The van der Waals surface area contributed by atoms with E-state index in [2.05, 4.69) is 19.2 Å². The summed E-state index contributed by atoms with van der Waals surface area (Å²) in [5.74, 6) is 0.706. The van der Waals surface area contributed by atoms with Gasteiger partial charge in [-0.05, 0) is 50.7 Å². The van der Waals surface area contributed by atoms with Crippen molar-refractivity contribution in [3.8, 4) is 0 Å². The summed E-state index contributed by atoms with van der Waals surface area (Å²) < 4.78 is 1.94. The van der Waals surface area contributed by atoms with Crippen LogP contribution in [0.15, 0.2) is 24.5 Å². The Balaban J connectivity index is 1.58. The number of likely N-dealkylation sites (tertiary alicyclic amines) is 1. The van der Waals surface area contributed by atoms with Crippen LogP contribution in [-0.4, -0.2) is 40.4 Å². The van der Waals surface area contributed by atoms with Crippen LogP contribution in [0.4, 0.5) is 0 Å². The van der Waals surface area contributed by atoms with Crippen molar-refractivity contribution in [2.24, 2.45) is 11.3 Å². The van der Waals surface area contributed by atoms with Crippen molar-refractivity contribution in [1.29, 1.82) is 0 Å². The minimum atomic E-state index is -0.195. The Hall–Kier alpha value is -1.78. The number of carbonyl (C=O) groups is 2. The minimum absolute atomic E-state index is 0.124. The van der Waals surface area contributed by atoms with E-state index in [4.69, 9.17) is 0 Å². The van der Waals surface area contributed by atoms with Crippen LogP contribution in [0.25, 0.3) is 0 Å². The Morgan fingerprint density at radius 3 is 2.40 bits per heavy atom. The van der Waals surface area contributed by atoms with Gasteiger partial charge in [0, 0.05) is 31.5 Å². The highest BCUT2D eigenvalue weighted by atomic mass is 16.2. The second kappa shape index (κ2) is 7.22. The number of rotatable bonds is 6. The number of hydrogen-bond acceptors (Lipinski definition) is 2. The van der Waals surface area contributed by atoms with Gasteiger partial charge in [0.1, 0.15) is 6.04 Å². The van der Waals surface area contributed by atoms with Crippen molar-refractivity contribution in [3.63, 3.8) is 0 Å². The molecule has 0 radical (unpaired) electrons. The van der Waals surface area contributed by atoms with Crippen molar-refractivity contribution >= 4 is 11.8 Å². The van der Waals surface area contributed by atoms with E-state index in [9.17, 15) is 9.59 Å². The smallest absolute Gasteiger partial charge is 0.245 e. The molecule has 2 heterocycles. The molecule has 1 aliphatic carbocycles. The molecule has 2 amide bonds. The summed E-state index contributed by atoms with van der Waals surface area (Å²) in [7, 11) is 0. The molecule has 5 heteroatoms. The lowest BCUT2D eigenvalue weighted by Gasteiger charge is -2.44. The van der Waals surface area contributed by atoms with Gasteiger partial charge in [-0.1, -0.05) is 20.3 Å². The van der Waals surface area contributed by atoms with E-state index < -0.39 is 0 Å². The third kappa shape index (κ3) is 3.33. The highest BCUT2D eigenvalue weighted by molar-refractivity contribution is 5.84. The first-order chi connectivity index (χ1) is 12.0.